The van der Waals surface area contributed by atoms with Crippen molar-refractivity contribution in [2.24, 2.45) is 0 Å². The number of hydrogen-bond acceptors (Lipinski definition) is 4. The smallest absolute Gasteiger partial charge is 0.229 e. The zero-order valence-corrected chi connectivity index (χ0v) is 12.4. The normalized spacial score (nSPS) is 17.1. The van der Waals surface area contributed by atoms with Gasteiger partial charge < -0.3 is 9.84 Å². The van der Waals surface area contributed by atoms with Gasteiger partial charge in [0.25, 0.3) is 0 Å². The number of benzene rings is 1. The van der Waals surface area contributed by atoms with Gasteiger partial charge in [0.1, 0.15) is 5.82 Å². The number of aromatic nitrogens is 2. The van der Waals surface area contributed by atoms with Crippen LogP contribution in [0.4, 0.5) is 4.39 Å². The average Bonchev–Trinajstić information content (AvgIpc) is 2.99. The van der Waals surface area contributed by atoms with Crippen molar-refractivity contribution in [3.8, 4) is 0 Å². The molecule has 4 nitrogen and oxygen atoms in total. The summed E-state index contributed by atoms with van der Waals surface area (Å²) >= 11 is 0. The first kappa shape index (κ1) is 14.2. The third-order valence-electron chi connectivity index (χ3n) is 4.26. The lowest BCUT2D eigenvalue weighted by molar-refractivity contribution is 0.315. The second-order valence-corrected chi connectivity index (χ2v) is 6.11. The van der Waals surface area contributed by atoms with Crippen LogP contribution >= 0.6 is 0 Å². The fourth-order valence-electron chi connectivity index (χ4n) is 2.72. The number of hydrogen-bond donors (Lipinski definition) is 1. The molecule has 1 aromatic heterocycles. The number of piperidine rings is 1. The van der Waals surface area contributed by atoms with E-state index in [4.69, 9.17) is 4.52 Å². The molecule has 3 rings (SSSR count). The standard InChI is InChI=1S/C16H20FN3O/c1-16(2,12-3-5-13(17)6-4-12)15-19-14(21-20-15)11-7-9-18-10-8-11/h3-6,11,18H,7-10H2,1-2H3. The maximum Gasteiger partial charge on any atom is 0.229 e. The number of nitrogens with zero attached hydrogens (tertiary/aromatic N) is 2. The molecule has 2 aromatic rings. The zero-order valence-electron chi connectivity index (χ0n) is 12.4. The summed E-state index contributed by atoms with van der Waals surface area (Å²) < 4.78 is 18.5. The van der Waals surface area contributed by atoms with Gasteiger partial charge in [0.2, 0.25) is 5.89 Å². The van der Waals surface area contributed by atoms with Crippen LogP contribution in [0, 0.1) is 5.82 Å². The molecular formula is C16H20FN3O. The minimum atomic E-state index is -0.400. The largest absolute Gasteiger partial charge is 0.339 e. The summed E-state index contributed by atoms with van der Waals surface area (Å²) in [5.74, 6) is 1.49. The van der Waals surface area contributed by atoms with E-state index in [1.807, 2.05) is 13.8 Å². The van der Waals surface area contributed by atoms with Crippen LogP contribution in [0.15, 0.2) is 28.8 Å². The Morgan fingerprint density at radius 1 is 1.19 bits per heavy atom. The molecule has 1 fully saturated rings. The molecule has 0 aliphatic carbocycles. The van der Waals surface area contributed by atoms with Crippen LogP contribution in [0.25, 0.3) is 0 Å². The Morgan fingerprint density at radius 3 is 2.52 bits per heavy atom. The van der Waals surface area contributed by atoms with E-state index in [0.717, 1.165) is 37.4 Å². The molecule has 0 saturated carbocycles. The van der Waals surface area contributed by atoms with Crippen molar-refractivity contribution >= 4 is 0 Å². The highest BCUT2D eigenvalue weighted by Gasteiger charge is 2.31. The fraction of sp³-hybridized carbons (Fsp3) is 0.500. The van der Waals surface area contributed by atoms with Gasteiger partial charge in [-0.25, -0.2) is 4.39 Å². The Labute approximate surface area is 123 Å². The summed E-state index contributed by atoms with van der Waals surface area (Å²) in [7, 11) is 0. The Kier molecular flexibility index (Phi) is 3.76. The Hall–Kier alpha value is -1.75. The van der Waals surface area contributed by atoms with Crippen molar-refractivity contribution in [1.29, 1.82) is 0 Å². The van der Waals surface area contributed by atoms with Crippen LogP contribution in [0.1, 0.15) is 49.9 Å². The first-order valence-corrected chi connectivity index (χ1v) is 7.38. The summed E-state index contributed by atoms with van der Waals surface area (Å²) in [4.78, 5) is 4.61. The van der Waals surface area contributed by atoms with E-state index in [9.17, 15) is 4.39 Å². The first-order valence-electron chi connectivity index (χ1n) is 7.38. The summed E-state index contributed by atoms with van der Waals surface area (Å²) in [5.41, 5.74) is 0.573. The highest BCUT2D eigenvalue weighted by atomic mass is 19.1. The van der Waals surface area contributed by atoms with Crippen LogP contribution in [-0.2, 0) is 5.41 Å². The molecule has 1 saturated heterocycles. The molecule has 21 heavy (non-hydrogen) atoms. The second-order valence-electron chi connectivity index (χ2n) is 6.11. The minimum absolute atomic E-state index is 0.238. The molecular weight excluding hydrogens is 269 g/mol. The molecule has 0 unspecified atom stereocenters. The van der Waals surface area contributed by atoms with Gasteiger partial charge in [-0.3, -0.25) is 0 Å². The molecule has 0 radical (unpaired) electrons. The van der Waals surface area contributed by atoms with Crippen molar-refractivity contribution in [3.63, 3.8) is 0 Å². The minimum Gasteiger partial charge on any atom is -0.339 e. The van der Waals surface area contributed by atoms with Gasteiger partial charge in [-0.2, -0.15) is 4.98 Å². The van der Waals surface area contributed by atoms with Gasteiger partial charge in [0.15, 0.2) is 5.82 Å². The Bertz CT molecular complexity index is 600. The van der Waals surface area contributed by atoms with Gasteiger partial charge in [-0.05, 0) is 57.5 Å². The van der Waals surface area contributed by atoms with Crippen molar-refractivity contribution in [3.05, 3.63) is 47.4 Å². The number of rotatable bonds is 3. The van der Waals surface area contributed by atoms with E-state index in [0.29, 0.717) is 11.7 Å². The van der Waals surface area contributed by atoms with Gasteiger partial charge in [-0.15, -0.1) is 0 Å². The number of halogens is 1. The summed E-state index contributed by atoms with van der Waals surface area (Å²) in [6.45, 7) is 6.03. The highest BCUT2D eigenvalue weighted by molar-refractivity contribution is 5.30. The maximum absolute atomic E-state index is 13.1. The van der Waals surface area contributed by atoms with Crippen LogP contribution in [-0.4, -0.2) is 23.2 Å². The lowest BCUT2D eigenvalue weighted by Gasteiger charge is -2.21. The molecule has 1 aromatic carbocycles. The summed E-state index contributed by atoms with van der Waals surface area (Å²) in [6.07, 6.45) is 2.05. The van der Waals surface area contributed by atoms with Gasteiger partial charge >= 0.3 is 0 Å². The Balaban J connectivity index is 1.85. The van der Waals surface area contributed by atoms with E-state index in [-0.39, 0.29) is 5.82 Å². The maximum atomic E-state index is 13.1. The molecule has 0 spiro atoms. The van der Waals surface area contributed by atoms with Crippen LogP contribution in [0.2, 0.25) is 0 Å². The first-order chi connectivity index (χ1) is 10.1. The topological polar surface area (TPSA) is 51.0 Å². The fourth-order valence-corrected chi connectivity index (χ4v) is 2.72. The highest BCUT2D eigenvalue weighted by Crippen LogP contribution is 2.31. The van der Waals surface area contributed by atoms with Crippen molar-refractivity contribution in [2.75, 3.05) is 13.1 Å². The SMILES string of the molecule is CC(C)(c1ccc(F)cc1)c1noc(C2CCNCC2)n1. The molecule has 5 heteroatoms. The predicted octanol–water partition coefficient (Wildman–Crippen LogP) is 3.00. The predicted molar refractivity (Wildman–Crippen MR) is 77.7 cm³/mol. The van der Waals surface area contributed by atoms with E-state index < -0.39 is 5.41 Å². The Morgan fingerprint density at radius 2 is 1.86 bits per heavy atom. The quantitative estimate of drug-likeness (QED) is 0.943. The van der Waals surface area contributed by atoms with Gasteiger partial charge in [0, 0.05) is 5.92 Å². The summed E-state index contributed by atoms with van der Waals surface area (Å²) in [5, 5.41) is 7.49. The lowest BCUT2D eigenvalue weighted by Crippen LogP contribution is -2.27. The van der Waals surface area contributed by atoms with Gasteiger partial charge in [0.05, 0.1) is 5.41 Å². The van der Waals surface area contributed by atoms with E-state index in [1.54, 1.807) is 12.1 Å². The molecule has 1 aliphatic heterocycles. The molecule has 2 heterocycles. The number of nitrogens with one attached hydrogen (secondary N) is 1. The molecule has 0 bridgehead atoms. The van der Waals surface area contributed by atoms with Crippen molar-refractivity contribution in [2.45, 2.75) is 38.0 Å². The molecule has 112 valence electrons. The monoisotopic (exact) mass is 289 g/mol. The third kappa shape index (κ3) is 2.83. The lowest BCUT2D eigenvalue weighted by atomic mass is 9.84. The van der Waals surface area contributed by atoms with Crippen LogP contribution in [0.5, 0.6) is 0 Å². The van der Waals surface area contributed by atoms with E-state index >= 15 is 0 Å². The molecule has 1 N–H and O–H groups in total. The van der Waals surface area contributed by atoms with Crippen molar-refractivity contribution in [1.82, 2.24) is 15.5 Å². The van der Waals surface area contributed by atoms with E-state index in [2.05, 4.69) is 15.5 Å². The molecule has 0 amide bonds. The van der Waals surface area contributed by atoms with Gasteiger partial charge in [-0.1, -0.05) is 17.3 Å². The second kappa shape index (κ2) is 5.56. The molecule has 0 atom stereocenters. The zero-order chi connectivity index (χ0) is 14.9. The third-order valence-corrected chi connectivity index (χ3v) is 4.26. The molecule has 1 aliphatic rings. The van der Waals surface area contributed by atoms with Crippen LogP contribution < -0.4 is 5.32 Å². The summed E-state index contributed by atoms with van der Waals surface area (Å²) in [6, 6.07) is 6.47. The van der Waals surface area contributed by atoms with E-state index in [1.165, 1.54) is 12.1 Å². The van der Waals surface area contributed by atoms with Crippen LogP contribution in [0.3, 0.4) is 0 Å². The average molecular weight is 289 g/mol. The van der Waals surface area contributed by atoms with Crippen molar-refractivity contribution < 1.29 is 8.91 Å².